The number of fused-ring (bicyclic) bond motifs is 3. The maximum Gasteiger partial charge on any atom is 0.161 e. The summed E-state index contributed by atoms with van der Waals surface area (Å²) in [5, 5.41) is 0. The fourth-order valence-electron chi connectivity index (χ4n) is 4.03. The molecule has 0 spiro atoms. The lowest BCUT2D eigenvalue weighted by atomic mass is 9.79. The summed E-state index contributed by atoms with van der Waals surface area (Å²) >= 11 is 0. The summed E-state index contributed by atoms with van der Waals surface area (Å²) in [6.07, 6.45) is 1.09. The Labute approximate surface area is 149 Å². The molecule has 2 aromatic carbocycles. The van der Waals surface area contributed by atoms with Gasteiger partial charge in [0.1, 0.15) is 0 Å². The van der Waals surface area contributed by atoms with E-state index in [2.05, 4.69) is 48.3 Å². The Balaban J connectivity index is 1.90. The highest BCUT2D eigenvalue weighted by Crippen LogP contribution is 2.41. The van der Waals surface area contributed by atoms with E-state index in [1.807, 2.05) is 6.07 Å². The average molecular weight is 336 g/mol. The van der Waals surface area contributed by atoms with E-state index < -0.39 is 0 Å². The van der Waals surface area contributed by atoms with Crippen LogP contribution in [0.5, 0.6) is 11.5 Å². The third kappa shape index (κ3) is 2.81. The Morgan fingerprint density at radius 3 is 2.48 bits per heavy atom. The number of likely N-dealkylation sites (N-methyl/N-ethyl adjacent to an activating group) is 1. The molecule has 4 rings (SSSR count). The number of likely N-dealkylation sites (tertiary alicyclic amines) is 1. The van der Waals surface area contributed by atoms with Crippen LogP contribution in [-0.2, 0) is 0 Å². The molecule has 0 saturated carbocycles. The highest BCUT2D eigenvalue weighted by molar-refractivity contribution is 6.15. The first-order chi connectivity index (χ1) is 12.2. The van der Waals surface area contributed by atoms with E-state index in [9.17, 15) is 0 Å². The van der Waals surface area contributed by atoms with Crippen LogP contribution in [0, 0.1) is 0 Å². The Bertz CT molecular complexity index is 801. The molecule has 2 atom stereocenters. The van der Waals surface area contributed by atoms with E-state index in [1.54, 1.807) is 14.2 Å². The summed E-state index contributed by atoms with van der Waals surface area (Å²) in [6.45, 7) is 2.12. The van der Waals surface area contributed by atoms with E-state index in [1.165, 1.54) is 11.1 Å². The maximum atomic E-state index is 5.57. The zero-order valence-corrected chi connectivity index (χ0v) is 15.0. The third-order valence-electron chi connectivity index (χ3n) is 5.33. The number of methoxy groups -OCH3 is 2. The molecule has 4 nitrogen and oxygen atoms in total. The molecule has 0 aliphatic carbocycles. The molecular formula is C21H24N2O2. The largest absolute Gasteiger partial charge is 0.493 e. The van der Waals surface area contributed by atoms with Crippen LogP contribution in [0.25, 0.3) is 0 Å². The summed E-state index contributed by atoms with van der Waals surface area (Å²) < 4.78 is 11.1. The first kappa shape index (κ1) is 16.2. The van der Waals surface area contributed by atoms with Gasteiger partial charge < -0.3 is 14.4 Å². The van der Waals surface area contributed by atoms with Crippen LogP contribution >= 0.6 is 0 Å². The van der Waals surface area contributed by atoms with Crippen molar-refractivity contribution in [3.63, 3.8) is 0 Å². The van der Waals surface area contributed by atoms with E-state index >= 15 is 0 Å². The Hall–Kier alpha value is -2.33. The predicted molar refractivity (Wildman–Crippen MR) is 100 cm³/mol. The van der Waals surface area contributed by atoms with Crippen molar-refractivity contribution in [3.8, 4) is 11.5 Å². The number of piperidine rings is 1. The first-order valence-electron chi connectivity index (χ1n) is 8.79. The van der Waals surface area contributed by atoms with Gasteiger partial charge in [-0.1, -0.05) is 30.3 Å². The van der Waals surface area contributed by atoms with Gasteiger partial charge in [0.2, 0.25) is 0 Å². The molecule has 2 heterocycles. The minimum atomic E-state index is 0.331. The van der Waals surface area contributed by atoms with Crippen molar-refractivity contribution in [3.05, 3.63) is 59.2 Å². The fraction of sp³-hybridized carbons (Fsp3) is 0.381. The number of nitrogens with zero attached hydrogens (tertiary/aromatic N) is 2. The molecule has 25 heavy (non-hydrogen) atoms. The molecule has 2 aliphatic rings. The summed E-state index contributed by atoms with van der Waals surface area (Å²) in [4.78, 5) is 7.57. The zero-order chi connectivity index (χ0) is 17.4. The van der Waals surface area contributed by atoms with Crippen molar-refractivity contribution in [2.75, 3.05) is 34.4 Å². The number of hydrogen-bond acceptors (Lipinski definition) is 4. The minimum absolute atomic E-state index is 0.331. The van der Waals surface area contributed by atoms with Crippen molar-refractivity contribution in [2.45, 2.75) is 18.4 Å². The summed E-state index contributed by atoms with van der Waals surface area (Å²) in [5.74, 6) is 1.95. The van der Waals surface area contributed by atoms with Gasteiger partial charge in [0.25, 0.3) is 0 Å². The van der Waals surface area contributed by atoms with E-state index in [4.69, 9.17) is 14.5 Å². The van der Waals surface area contributed by atoms with Crippen molar-refractivity contribution in [1.29, 1.82) is 0 Å². The average Bonchev–Trinajstić information content (AvgIpc) is 2.67. The molecule has 4 heteroatoms. The molecule has 1 fully saturated rings. The lowest BCUT2D eigenvalue weighted by molar-refractivity contribution is 0.227. The van der Waals surface area contributed by atoms with Crippen LogP contribution in [0.3, 0.4) is 0 Å². The molecule has 0 radical (unpaired) electrons. The molecule has 2 aromatic rings. The molecular weight excluding hydrogens is 312 g/mol. The summed E-state index contributed by atoms with van der Waals surface area (Å²) in [6, 6.07) is 15.0. The Morgan fingerprint density at radius 1 is 1.04 bits per heavy atom. The second kappa shape index (κ2) is 6.52. The second-order valence-corrected chi connectivity index (χ2v) is 6.86. The van der Waals surface area contributed by atoms with Crippen molar-refractivity contribution in [2.24, 2.45) is 4.99 Å². The molecule has 0 bridgehead atoms. The van der Waals surface area contributed by atoms with E-state index in [0.29, 0.717) is 12.0 Å². The highest BCUT2D eigenvalue weighted by atomic mass is 16.5. The van der Waals surface area contributed by atoms with Gasteiger partial charge in [-0.05, 0) is 37.7 Å². The van der Waals surface area contributed by atoms with Gasteiger partial charge in [-0.15, -0.1) is 0 Å². The van der Waals surface area contributed by atoms with E-state index in [0.717, 1.165) is 42.3 Å². The molecule has 1 saturated heterocycles. The minimum Gasteiger partial charge on any atom is -0.493 e. The highest BCUT2D eigenvalue weighted by Gasteiger charge is 2.36. The quantitative estimate of drug-likeness (QED) is 0.862. The van der Waals surface area contributed by atoms with Crippen LogP contribution in [0.1, 0.15) is 29.0 Å². The first-order valence-corrected chi connectivity index (χ1v) is 8.79. The normalized spacial score (nSPS) is 22.6. The lowest BCUT2D eigenvalue weighted by Crippen LogP contribution is -2.41. The zero-order valence-electron chi connectivity index (χ0n) is 15.0. The fourth-order valence-corrected chi connectivity index (χ4v) is 4.03. The topological polar surface area (TPSA) is 34.1 Å². The Kier molecular flexibility index (Phi) is 4.22. The van der Waals surface area contributed by atoms with Gasteiger partial charge in [0.15, 0.2) is 11.5 Å². The van der Waals surface area contributed by atoms with Crippen molar-refractivity contribution >= 4 is 5.71 Å². The van der Waals surface area contributed by atoms with Gasteiger partial charge in [0.05, 0.1) is 26.0 Å². The molecule has 0 unspecified atom stereocenters. The molecule has 0 amide bonds. The van der Waals surface area contributed by atoms with Gasteiger partial charge in [-0.25, -0.2) is 0 Å². The number of hydrogen-bond donors (Lipinski definition) is 0. The predicted octanol–water partition coefficient (Wildman–Crippen LogP) is 3.34. The third-order valence-corrected chi connectivity index (χ3v) is 5.33. The van der Waals surface area contributed by atoms with Gasteiger partial charge >= 0.3 is 0 Å². The van der Waals surface area contributed by atoms with Crippen LogP contribution in [-0.4, -0.2) is 51.0 Å². The molecule has 130 valence electrons. The van der Waals surface area contributed by atoms with Gasteiger partial charge in [-0.2, -0.15) is 0 Å². The second-order valence-electron chi connectivity index (χ2n) is 6.86. The van der Waals surface area contributed by atoms with Crippen LogP contribution < -0.4 is 9.47 Å². The van der Waals surface area contributed by atoms with Gasteiger partial charge in [0, 0.05) is 23.6 Å². The van der Waals surface area contributed by atoms with Crippen LogP contribution in [0.4, 0.5) is 0 Å². The number of ether oxygens (including phenoxy) is 2. The van der Waals surface area contributed by atoms with Crippen LogP contribution in [0.2, 0.25) is 0 Å². The lowest BCUT2D eigenvalue weighted by Gasteiger charge is -2.39. The van der Waals surface area contributed by atoms with Crippen molar-refractivity contribution in [1.82, 2.24) is 4.90 Å². The standard InChI is InChI=1S/C21H24N2O2/c1-23-10-9-18-17(13-23)15-11-19(24-2)20(25-3)12-16(15)21(22-18)14-7-5-4-6-8-14/h4-8,11-12,17-18H,9-10,13H2,1-3H3/t17-,18-/m0/s1. The monoisotopic (exact) mass is 336 g/mol. The number of benzene rings is 2. The van der Waals surface area contributed by atoms with Crippen molar-refractivity contribution < 1.29 is 9.47 Å². The summed E-state index contributed by atoms with van der Waals surface area (Å²) in [7, 11) is 5.57. The molecule has 0 aromatic heterocycles. The number of rotatable bonds is 3. The molecule has 0 N–H and O–H groups in total. The SMILES string of the molecule is COc1cc2c(cc1OC)[C@@H]1CN(C)CC[C@@H]1N=C2c1ccccc1. The van der Waals surface area contributed by atoms with E-state index in [-0.39, 0.29) is 0 Å². The summed E-state index contributed by atoms with van der Waals surface area (Å²) in [5.41, 5.74) is 4.72. The van der Waals surface area contributed by atoms with Crippen LogP contribution in [0.15, 0.2) is 47.5 Å². The Morgan fingerprint density at radius 2 is 1.76 bits per heavy atom. The molecule has 2 aliphatic heterocycles. The smallest absolute Gasteiger partial charge is 0.161 e. The number of aliphatic imine (C=N–C) groups is 1. The maximum absolute atomic E-state index is 5.57. The van der Waals surface area contributed by atoms with Gasteiger partial charge in [-0.3, -0.25) is 4.99 Å².